The van der Waals surface area contributed by atoms with Crippen LogP contribution in [-0.2, 0) is 4.79 Å². The minimum absolute atomic E-state index is 0.0999. The molecule has 5 rings (SSSR count). The van der Waals surface area contributed by atoms with Gasteiger partial charge in [0.1, 0.15) is 4.53 Å². The number of amides is 1. The van der Waals surface area contributed by atoms with Crippen LogP contribution in [0, 0.1) is 0 Å². The first kappa shape index (κ1) is 17.4. The largest absolute Gasteiger partial charge is 0.308 e. The fourth-order valence-electron chi connectivity index (χ4n) is 3.55. The number of para-hydroxylation sites is 1. The highest BCUT2D eigenvalue weighted by Crippen LogP contribution is 2.34. The van der Waals surface area contributed by atoms with Gasteiger partial charge in [-0.05, 0) is 13.0 Å². The van der Waals surface area contributed by atoms with Crippen LogP contribution >= 0.6 is 11.3 Å². The van der Waals surface area contributed by atoms with Crippen molar-refractivity contribution in [3.63, 3.8) is 0 Å². The summed E-state index contributed by atoms with van der Waals surface area (Å²) >= 11 is 1.01. The van der Waals surface area contributed by atoms with Crippen LogP contribution in [0.15, 0.2) is 64.2 Å². The fourth-order valence-corrected chi connectivity index (χ4v) is 4.55. The minimum atomic E-state index is -0.512. The summed E-state index contributed by atoms with van der Waals surface area (Å²) in [4.78, 5) is 44.5. The molecular formula is C21H14N4O3S. The lowest BCUT2D eigenvalue weighted by Gasteiger charge is -2.13. The van der Waals surface area contributed by atoms with Crippen LogP contribution in [0.4, 0.5) is 5.69 Å². The van der Waals surface area contributed by atoms with Crippen LogP contribution in [0.3, 0.4) is 0 Å². The molecule has 0 bridgehead atoms. The van der Waals surface area contributed by atoms with Crippen molar-refractivity contribution in [2.45, 2.75) is 6.92 Å². The lowest BCUT2D eigenvalue weighted by molar-refractivity contribution is -0.113. The molecule has 29 heavy (non-hydrogen) atoms. The summed E-state index contributed by atoms with van der Waals surface area (Å²) in [5.41, 5.74) is 1.52. The molecule has 142 valence electrons. The first-order valence-corrected chi connectivity index (χ1v) is 9.86. The number of benzene rings is 2. The number of likely N-dealkylation sites (N-methyl/N-ethyl adjacent to an activating group) is 1. The highest BCUT2D eigenvalue weighted by atomic mass is 32.1. The number of rotatable bonds is 2. The Morgan fingerprint density at radius 1 is 0.966 bits per heavy atom. The standard InChI is InChI=1S/C21H14N4O3S/c1-2-24-14-11-7-6-10-13(14)15(19(24)27)17-20(28)25-21(29-17)22-18(26)16(23-25)12-8-4-3-5-9-12/h3-11H,2H2,1H3/b17-15+. The van der Waals surface area contributed by atoms with Gasteiger partial charge in [0, 0.05) is 17.7 Å². The molecule has 1 aliphatic rings. The summed E-state index contributed by atoms with van der Waals surface area (Å²) in [6.07, 6.45) is 0. The zero-order valence-electron chi connectivity index (χ0n) is 15.3. The Kier molecular flexibility index (Phi) is 3.88. The lowest BCUT2D eigenvalue weighted by Crippen LogP contribution is -2.33. The van der Waals surface area contributed by atoms with Crippen molar-refractivity contribution in [3.05, 3.63) is 85.4 Å². The van der Waals surface area contributed by atoms with Gasteiger partial charge >= 0.3 is 5.56 Å². The van der Waals surface area contributed by atoms with Gasteiger partial charge in [0.2, 0.25) is 4.96 Å². The van der Waals surface area contributed by atoms with E-state index in [-0.39, 0.29) is 21.1 Å². The van der Waals surface area contributed by atoms with Crippen molar-refractivity contribution in [3.8, 4) is 11.3 Å². The maximum absolute atomic E-state index is 13.1. The lowest BCUT2D eigenvalue weighted by atomic mass is 10.1. The number of hydrogen-bond donors (Lipinski definition) is 0. The van der Waals surface area contributed by atoms with E-state index >= 15 is 0 Å². The van der Waals surface area contributed by atoms with E-state index in [4.69, 9.17) is 0 Å². The number of thiazole rings is 1. The number of carbonyl (C=O) groups is 1. The maximum atomic E-state index is 13.1. The van der Waals surface area contributed by atoms with Gasteiger partial charge in [0.25, 0.3) is 11.5 Å². The molecule has 0 atom stereocenters. The van der Waals surface area contributed by atoms with E-state index in [0.717, 1.165) is 21.5 Å². The van der Waals surface area contributed by atoms with E-state index in [1.807, 2.05) is 37.3 Å². The first-order chi connectivity index (χ1) is 14.1. The summed E-state index contributed by atoms with van der Waals surface area (Å²) in [7, 11) is 0. The van der Waals surface area contributed by atoms with Gasteiger partial charge in [-0.1, -0.05) is 59.9 Å². The van der Waals surface area contributed by atoms with Crippen LogP contribution in [0.1, 0.15) is 12.5 Å². The van der Waals surface area contributed by atoms with E-state index in [9.17, 15) is 14.4 Å². The minimum Gasteiger partial charge on any atom is -0.308 e. The molecule has 0 saturated carbocycles. The Morgan fingerprint density at radius 2 is 1.69 bits per heavy atom. The fraction of sp³-hybridized carbons (Fsp3) is 0.0952. The molecule has 2 aromatic carbocycles. The predicted octanol–water partition coefficient (Wildman–Crippen LogP) is 1.46. The predicted molar refractivity (Wildman–Crippen MR) is 111 cm³/mol. The molecule has 0 N–H and O–H groups in total. The number of hydrogen-bond acceptors (Lipinski definition) is 6. The van der Waals surface area contributed by atoms with Gasteiger partial charge in [0.05, 0.1) is 11.3 Å². The highest BCUT2D eigenvalue weighted by Gasteiger charge is 2.33. The van der Waals surface area contributed by atoms with E-state index < -0.39 is 11.1 Å². The van der Waals surface area contributed by atoms with Crippen molar-refractivity contribution < 1.29 is 4.79 Å². The summed E-state index contributed by atoms with van der Waals surface area (Å²) in [5, 5.41) is 4.26. The van der Waals surface area contributed by atoms with Crippen LogP contribution in [0.2, 0.25) is 0 Å². The van der Waals surface area contributed by atoms with Crippen LogP contribution in [0.5, 0.6) is 0 Å². The third kappa shape index (κ3) is 2.53. The third-order valence-electron chi connectivity index (χ3n) is 4.87. The molecule has 3 heterocycles. The second-order valence-corrected chi connectivity index (χ2v) is 7.48. The Morgan fingerprint density at radius 3 is 2.45 bits per heavy atom. The average Bonchev–Trinajstić information content (AvgIpc) is 3.20. The third-order valence-corrected chi connectivity index (χ3v) is 5.90. The van der Waals surface area contributed by atoms with Crippen molar-refractivity contribution >= 4 is 33.5 Å². The van der Waals surface area contributed by atoms with Gasteiger partial charge in [-0.15, -0.1) is 0 Å². The van der Waals surface area contributed by atoms with Gasteiger partial charge in [0.15, 0.2) is 5.69 Å². The van der Waals surface area contributed by atoms with Crippen molar-refractivity contribution in [2.24, 2.45) is 0 Å². The first-order valence-electron chi connectivity index (χ1n) is 9.05. The molecule has 1 aliphatic heterocycles. The smallest absolute Gasteiger partial charge is 0.300 e. The molecule has 0 fully saturated rings. The van der Waals surface area contributed by atoms with Crippen molar-refractivity contribution in [1.82, 2.24) is 14.6 Å². The van der Waals surface area contributed by atoms with Crippen LogP contribution in [0.25, 0.3) is 21.8 Å². The molecule has 0 unspecified atom stereocenters. The molecule has 2 aromatic heterocycles. The summed E-state index contributed by atoms with van der Waals surface area (Å²) in [6.45, 7) is 2.37. The Bertz CT molecular complexity index is 1460. The van der Waals surface area contributed by atoms with Crippen molar-refractivity contribution in [2.75, 3.05) is 11.4 Å². The normalized spacial score (nSPS) is 15.2. The second kappa shape index (κ2) is 6.46. The van der Waals surface area contributed by atoms with Crippen LogP contribution < -0.4 is 20.6 Å². The number of carbonyl (C=O) groups excluding carboxylic acids is 1. The highest BCUT2D eigenvalue weighted by molar-refractivity contribution is 7.15. The van der Waals surface area contributed by atoms with E-state index in [2.05, 4.69) is 10.1 Å². The summed E-state index contributed by atoms with van der Waals surface area (Å²) in [5.74, 6) is -0.233. The number of anilines is 1. The van der Waals surface area contributed by atoms with Gasteiger partial charge in [-0.3, -0.25) is 14.4 Å². The average molecular weight is 402 g/mol. The van der Waals surface area contributed by atoms with Gasteiger partial charge < -0.3 is 4.90 Å². The maximum Gasteiger partial charge on any atom is 0.300 e. The van der Waals surface area contributed by atoms with Crippen molar-refractivity contribution in [1.29, 1.82) is 0 Å². The van der Waals surface area contributed by atoms with E-state index in [1.165, 1.54) is 0 Å². The Labute approximate surface area is 168 Å². The zero-order valence-corrected chi connectivity index (χ0v) is 16.1. The number of fused-ring (bicyclic) bond motifs is 2. The Balaban J connectivity index is 1.84. The van der Waals surface area contributed by atoms with E-state index in [1.54, 1.807) is 29.2 Å². The molecule has 0 saturated heterocycles. The summed E-state index contributed by atoms with van der Waals surface area (Å²) in [6, 6.07) is 16.2. The topological polar surface area (TPSA) is 84.6 Å². The molecule has 0 radical (unpaired) electrons. The molecule has 0 aliphatic carbocycles. The van der Waals surface area contributed by atoms with Gasteiger partial charge in [-0.25, -0.2) is 0 Å². The monoisotopic (exact) mass is 402 g/mol. The number of aromatic nitrogens is 3. The van der Waals surface area contributed by atoms with Crippen LogP contribution in [-0.4, -0.2) is 27.0 Å². The van der Waals surface area contributed by atoms with E-state index in [0.29, 0.717) is 23.2 Å². The quantitative estimate of drug-likeness (QED) is 0.507. The number of nitrogens with zero attached hydrogens (tertiary/aromatic N) is 4. The molecular weight excluding hydrogens is 388 g/mol. The molecule has 8 heteroatoms. The van der Waals surface area contributed by atoms with Gasteiger partial charge in [-0.2, -0.15) is 14.6 Å². The molecule has 4 aromatic rings. The SMILES string of the molecule is CCN1C(=O)/C(=c2/sc3nc(=O)c(-c4ccccc4)nn3c2=O)c2ccccc21. The summed E-state index contributed by atoms with van der Waals surface area (Å²) < 4.78 is 1.35. The molecule has 1 amide bonds. The second-order valence-electron chi connectivity index (χ2n) is 6.50. The molecule has 0 spiro atoms. The zero-order chi connectivity index (χ0) is 20.1. The Hall–Kier alpha value is -3.65. The molecule has 7 nitrogen and oxygen atoms in total.